The van der Waals surface area contributed by atoms with Crippen LogP contribution in [0.3, 0.4) is 0 Å². The van der Waals surface area contributed by atoms with Gasteiger partial charge in [0, 0.05) is 30.1 Å². The quantitative estimate of drug-likeness (QED) is 0.708. The zero-order valence-corrected chi connectivity index (χ0v) is 16.7. The van der Waals surface area contributed by atoms with Crippen LogP contribution in [0.4, 0.5) is 5.69 Å². The number of allylic oxidation sites excluding steroid dienone is 1. The number of anilines is 1. The summed E-state index contributed by atoms with van der Waals surface area (Å²) in [7, 11) is 0. The van der Waals surface area contributed by atoms with Crippen LogP contribution in [0, 0.1) is 6.92 Å². The first-order valence-corrected chi connectivity index (χ1v) is 10.0. The van der Waals surface area contributed by atoms with E-state index in [9.17, 15) is 14.4 Å². The molecule has 0 bridgehead atoms. The van der Waals surface area contributed by atoms with E-state index in [2.05, 4.69) is 16.7 Å². The number of nitrogens with zero attached hydrogens (tertiary/aromatic N) is 1. The third kappa shape index (κ3) is 6.17. The van der Waals surface area contributed by atoms with Crippen molar-refractivity contribution in [3.8, 4) is 0 Å². The summed E-state index contributed by atoms with van der Waals surface area (Å²) < 4.78 is 1.37. The Morgan fingerprint density at radius 1 is 1.07 bits per heavy atom. The summed E-state index contributed by atoms with van der Waals surface area (Å²) in [5.74, 6) is -0.416. The van der Waals surface area contributed by atoms with Crippen molar-refractivity contribution in [2.75, 3.05) is 11.9 Å². The van der Waals surface area contributed by atoms with Gasteiger partial charge in [0.2, 0.25) is 5.91 Å². The normalized spacial score (nSPS) is 13.5. The number of amides is 2. The molecule has 0 radical (unpaired) electrons. The van der Waals surface area contributed by atoms with Crippen molar-refractivity contribution < 1.29 is 9.59 Å². The summed E-state index contributed by atoms with van der Waals surface area (Å²) in [6.45, 7) is 2.44. The molecule has 6 heteroatoms. The van der Waals surface area contributed by atoms with Gasteiger partial charge in [0.1, 0.15) is 6.54 Å². The first-order chi connectivity index (χ1) is 14.0. The lowest BCUT2D eigenvalue weighted by Gasteiger charge is -2.13. The van der Waals surface area contributed by atoms with Gasteiger partial charge in [-0.1, -0.05) is 17.7 Å². The topological polar surface area (TPSA) is 80.2 Å². The zero-order valence-electron chi connectivity index (χ0n) is 16.7. The number of benzene rings is 1. The second-order valence-corrected chi connectivity index (χ2v) is 7.41. The second kappa shape index (κ2) is 9.87. The highest BCUT2D eigenvalue weighted by molar-refractivity contribution is 5.95. The molecule has 1 aromatic heterocycles. The molecule has 0 aliphatic heterocycles. The van der Waals surface area contributed by atoms with Crippen molar-refractivity contribution in [3.63, 3.8) is 0 Å². The molecule has 1 heterocycles. The van der Waals surface area contributed by atoms with Gasteiger partial charge in [-0.3, -0.25) is 14.4 Å². The Labute approximate surface area is 170 Å². The number of pyridine rings is 1. The van der Waals surface area contributed by atoms with Crippen molar-refractivity contribution >= 4 is 17.5 Å². The molecule has 2 aromatic rings. The average Bonchev–Trinajstić information content (AvgIpc) is 2.72. The first kappa shape index (κ1) is 20.6. The van der Waals surface area contributed by atoms with Crippen LogP contribution in [0.25, 0.3) is 0 Å². The highest BCUT2D eigenvalue weighted by Gasteiger charge is 2.09. The summed E-state index contributed by atoms with van der Waals surface area (Å²) in [6.07, 6.45) is 9.63. The Bertz CT molecular complexity index is 958. The summed E-state index contributed by atoms with van der Waals surface area (Å²) in [5.41, 5.74) is 3.26. The SMILES string of the molecule is Cc1ccc(=O)n(CC(=O)Nc2ccc(C(=O)NCCC3=CCCCC3)cc2)c1. The molecule has 0 saturated heterocycles. The van der Waals surface area contributed by atoms with Crippen LogP contribution < -0.4 is 16.2 Å². The molecule has 1 aromatic carbocycles. The fourth-order valence-electron chi connectivity index (χ4n) is 3.41. The van der Waals surface area contributed by atoms with Gasteiger partial charge >= 0.3 is 0 Å². The number of carbonyl (C=O) groups excluding carboxylic acids is 2. The molecule has 2 amide bonds. The standard InChI is InChI=1S/C23H27N3O3/c1-17-7-12-22(28)26(15-17)16-21(27)25-20-10-8-19(9-11-20)23(29)24-14-13-18-5-3-2-4-6-18/h5,7-12,15H,2-4,6,13-14,16H2,1H3,(H,24,29)(H,25,27). The van der Waals surface area contributed by atoms with E-state index >= 15 is 0 Å². The highest BCUT2D eigenvalue weighted by atomic mass is 16.2. The predicted octanol–water partition coefficient (Wildman–Crippen LogP) is 3.42. The van der Waals surface area contributed by atoms with E-state index in [1.54, 1.807) is 36.5 Å². The Hall–Kier alpha value is -3.15. The van der Waals surface area contributed by atoms with Crippen LogP contribution in [0.2, 0.25) is 0 Å². The molecule has 3 rings (SSSR count). The molecular formula is C23H27N3O3. The number of rotatable bonds is 7. The predicted molar refractivity (Wildman–Crippen MR) is 114 cm³/mol. The van der Waals surface area contributed by atoms with E-state index in [0.717, 1.165) is 24.8 Å². The molecular weight excluding hydrogens is 366 g/mol. The average molecular weight is 393 g/mol. The van der Waals surface area contributed by atoms with Gasteiger partial charge in [-0.05, 0) is 68.9 Å². The van der Waals surface area contributed by atoms with Gasteiger partial charge in [0.05, 0.1) is 0 Å². The minimum atomic E-state index is -0.296. The summed E-state index contributed by atoms with van der Waals surface area (Å²) in [6, 6.07) is 9.91. The second-order valence-electron chi connectivity index (χ2n) is 7.41. The lowest BCUT2D eigenvalue weighted by atomic mass is 9.97. The van der Waals surface area contributed by atoms with E-state index in [0.29, 0.717) is 17.8 Å². The van der Waals surface area contributed by atoms with E-state index in [-0.39, 0.29) is 23.9 Å². The third-order valence-electron chi connectivity index (χ3n) is 4.99. The smallest absolute Gasteiger partial charge is 0.251 e. The van der Waals surface area contributed by atoms with Gasteiger partial charge in [-0.25, -0.2) is 0 Å². The molecule has 0 spiro atoms. The summed E-state index contributed by atoms with van der Waals surface area (Å²) in [5, 5.41) is 5.70. The van der Waals surface area contributed by atoms with Gasteiger partial charge in [-0.15, -0.1) is 0 Å². The number of hydrogen-bond acceptors (Lipinski definition) is 3. The number of aryl methyl sites for hydroxylation is 1. The Morgan fingerprint density at radius 2 is 1.86 bits per heavy atom. The Morgan fingerprint density at radius 3 is 2.59 bits per heavy atom. The van der Waals surface area contributed by atoms with Gasteiger partial charge in [0.25, 0.3) is 11.5 Å². The number of aromatic nitrogens is 1. The van der Waals surface area contributed by atoms with E-state index < -0.39 is 0 Å². The van der Waals surface area contributed by atoms with Crippen molar-refractivity contribution in [2.24, 2.45) is 0 Å². The van der Waals surface area contributed by atoms with Gasteiger partial charge in [-0.2, -0.15) is 0 Å². The van der Waals surface area contributed by atoms with Crippen molar-refractivity contribution in [1.29, 1.82) is 0 Å². The fraction of sp³-hybridized carbons (Fsp3) is 0.348. The highest BCUT2D eigenvalue weighted by Crippen LogP contribution is 2.19. The van der Waals surface area contributed by atoms with Crippen LogP contribution in [0.5, 0.6) is 0 Å². The monoisotopic (exact) mass is 393 g/mol. The molecule has 1 aliphatic carbocycles. The number of nitrogens with one attached hydrogen (secondary N) is 2. The van der Waals surface area contributed by atoms with Crippen molar-refractivity contribution in [2.45, 2.75) is 45.6 Å². The Balaban J connectivity index is 1.49. The molecule has 2 N–H and O–H groups in total. The largest absolute Gasteiger partial charge is 0.352 e. The number of hydrogen-bond donors (Lipinski definition) is 2. The maximum Gasteiger partial charge on any atom is 0.251 e. The van der Waals surface area contributed by atoms with Crippen LogP contribution in [-0.4, -0.2) is 22.9 Å². The van der Waals surface area contributed by atoms with E-state index in [1.165, 1.54) is 29.0 Å². The molecule has 0 fully saturated rings. The lowest BCUT2D eigenvalue weighted by molar-refractivity contribution is -0.116. The maximum atomic E-state index is 12.3. The van der Waals surface area contributed by atoms with E-state index in [1.807, 2.05) is 6.92 Å². The van der Waals surface area contributed by atoms with E-state index in [4.69, 9.17) is 0 Å². The first-order valence-electron chi connectivity index (χ1n) is 10.0. The van der Waals surface area contributed by atoms with Crippen LogP contribution in [0.15, 0.2) is 59.0 Å². The van der Waals surface area contributed by atoms with Crippen LogP contribution in [-0.2, 0) is 11.3 Å². The minimum absolute atomic E-state index is 0.0569. The maximum absolute atomic E-state index is 12.3. The molecule has 1 aliphatic rings. The lowest BCUT2D eigenvalue weighted by Crippen LogP contribution is -2.27. The molecule has 0 atom stereocenters. The fourth-order valence-corrected chi connectivity index (χ4v) is 3.41. The van der Waals surface area contributed by atoms with Crippen molar-refractivity contribution in [1.82, 2.24) is 9.88 Å². The molecule has 6 nitrogen and oxygen atoms in total. The third-order valence-corrected chi connectivity index (χ3v) is 4.99. The van der Waals surface area contributed by atoms with Crippen molar-refractivity contribution in [3.05, 3.63) is 75.7 Å². The molecule has 0 saturated carbocycles. The van der Waals surface area contributed by atoms with Crippen LogP contribution >= 0.6 is 0 Å². The molecule has 29 heavy (non-hydrogen) atoms. The molecule has 152 valence electrons. The molecule has 0 unspecified atom stereocenters. The zero-order chi connectivity index (χ0) is 20.6. The number of carbonyl (C=O) groups is 2. The van der Waals surface area contributed by atoms with Crippen LogP contribution in [0.1, 0.15) is 48.0 Å². The summed E-state index contributed by atoms with van der Waals surface area (Å²) >= 11 is 0. The minimum Gasteiger partial charge on any atom is -0.352 e. The Kier molecular flexibility index (Phi) is 7.00. The summed E-state index contributed by atoms with van der Waals surface area (Å²) in [4.78, 5) is 36.3. The van der Waals surface area contributed by atoms with Gasteiger partial charge < -0.3 is 15.2 Å². The van der Waals surface area contributed by atoms with Gasteiger partial charge in [0.15, 0.2) is 0 Å².